The largest absolute Gasteiger partial charge is 0.478 e. The number of ether oxygens (including phenoxy) is 2. The lowest BCUT2D eigenvalue weighted by Crippen LogP contribution is -2.01. The number of fused-ring (bicyclic) bond motifs is 1. The fourth-order valence-electron chi connectivity index (χ4n) is 3.57. The predicted molar refractivity (Wildman–Crippen MR) is 122 cm³/mol. The highest BCUT2D eigenvalue weighted by atomic mass is 35.5. The molecule has 158 valence electrons. The van der Waals surface area contributed by atoms with Crippen LogP contribution >= 0.6 is 11.6 Å². The Morgan fingerprint density at radius 1 is 0.969 bits per heavy atom. The van der Waals surface area contributed by atoms with Gasteiger partial charge in [0.15, 0.2) is 11.5 Å². The van der Waals surface area contributed by atoms with Gasteiger partial charge in [-0.3, -0.25) is 0 Å². The maximum Gasteiger partial charge on any atom is 0.336 e. The molecule has 0 aliphatic carbocycles. The summed E-state index contributed by atoms with van der Waals surface area (Å²) < 4.78 is 12.7. The van der Waals surface area contributed by atoms with Crippen molar-refractivity contribution in [3.8, 4) is 28.4 Å². The summed E-state index contributed by atoms with van der Waals surface area (Å²) in [6.45, 7) is 0.187. The summed E-state index contributed by atoms with van der Waals surface area (Å²) in [6, 6.07) is 23.9. The first-order valence-electron chi connectivity index (χ1n) is 9.85. The number of carboxylic acids is 1. The van der Waals surface area contributed by atoms with Crippen molar-refractivity contribution in [2.45, 2.75) is 0 Å². The second-order valence-corrected chi connectivity index (χ2v) is 7.58. The van der Waals surface area contributed by atoms with Crippen LogP contribution in [0.25, 0.3) is 28.6 Å². The quantitative estimate of drug-likeness (QED) is 0.409. The van der Waals surface area contributed by atoms with E-state index in [4.69, 9.17) is 26.2 Å². The summed E-state index contributed by atoms with van der Waals surface area (Å²) >= 11 is 6.07. The monoisotopic (exact) mass is 444 g/mol. The Morgan fingerprint density at radius 3 is 2.56 bits per heavy atom. The first kappa shape index (κ1) is 19.9. The van der Waals surface area contributed by atoms with Gasteiger partial charge in [-0.15, -0.1) is 0 Å². The van der Waals surface area contributed by atoms with Gasteiger partial charge in [0.2, 0.25) is 6.79 Å². The van der Waals surface area contributed by atoms with Crippen LogP contribution in [0.2, 0.25) is 5.02 Å². The summed E-state index contributed by atoms with van der Waals surface area (Å²) in [7, 11) is 0. The minimum atomic E-state index is -1.06. The number of aliphatic carboxylic acids is 1. The Kier molecular flexibility index (Phi) is 5.13. The molecule has 5 rings (SSSR count). The smallest absolute Gasteiger partial charge is 0.336 e. The fraction of sp³-hybridized carbons (Fsp3) is 0.0400. The Labute approximate surface area is 188 Å². The van der Waals surface area contributed by atoms with Crippen LogP contribution in [0.3, 0.4) is 0 Å². The molecule has 0 saturated heterocycles. The summed E-state index contributed by atoms with van der Waals surface area (Å²) in [5.74, 6) is 0.283. The number of halogens is 1. The molecular weight excluding hydrogens is 428 g/mol. The van der Waals surface area contributed by atoms with Gasteiger partial charge in [-0.25, -0.2) is 9.48 Å². The van der Waals surface area contributed by atoms with Gasteiger partial charge >= 0.3 is 5.97 Å². The molecular formula is C25H17ClN2O4. The molecule has 7 heteroatoms. The number of para-hydroxylation sites is 1. The Hall–Kier alpha value is -4.03. The van der Waals surface area contributed by atoms with Gasteiger partial charge in [0.25, 0.3) is 0 Å². The van der Waals surface area contributed by atoms with E-state index in [1.807, 2.05) is 54.6 Å². The maximum absolute atomic E-state index is 12.0. The number of carboxylic acid groups (broad SMARTS) is 1. The molecule has 0 fully saturated rings. The SMILES string of the molecule is O=C(O)/C(=C\c1cc(-c2ccc3c(c2)OCO3)n(-c2ccccc2)n1)c1cccc(Cl)c1. The fourth-order valence-corrected chi connectivity index (χ4v) is 3.76. The third-order valence-electron chi connectivity index (χ3n) is 5.06. The molecule has 0 atom stereocenters. The maximum atomic E-state index is 12.0. The molecule has 2 heterocycles. The van der Waals surface area contributed by atoms with Crippen LogP contribution in [0.4, 0.5) is 0 Å². The van der Waals surface area contributed by atoms with E-state index in [1.54, 1.807) is 35.0 Å². The van der Waals surface area contributed by atoms with E-state index in [2.05, 4.69) is 0 Å². The van der Waals surface area contributed by atoms with Crippen LogP contribution in [-0.2, 0) is 4.79 Å². The summed E-state index contributed by atoms with van der Waals surface area (Å²) in [5, 5.41) is 15.0. The third-order valence-corrected chi connectivity index (χ3v) is 5.29. The predicted octanol–water partition coefficient (Wildman–Crippen LogP) is 5.55. The zero-order chi connectivity index (χ0) is 22.1. The first-order valence-corrected chi connectivity index (χ1v) is 10.2. The van der Waals surface area contributed by atoms with Crippen molar-refractivity contribution in [3.05, 3.63) is 95.1 Å². The number of rotatable bonds is 5. The molecule has 1 aliphatic heterocycles. The van der Waals surface area contributed by atoms with Crippen molar-refractivity contribution in [1.29, 1.82) is 0 Å². The average molecular weight is 445 g/mol. The molecule has 1 aromatic heterocycles. The second-order valence-electron chi connectivity index (χ2n) is 7.14. The first-order chi connectivity index (χ1) is 15.6. The molecule has 0 amide bonds. The van der Waals surface area contributed by atoms with Crippen molar-refractivity contribution >= 4 is 29.2 Å². The molecule has 0 spiro atoms. The van der Waals surface area contributed by atoms with Gasteiger partial charge < -0.3 is 14.6 Å². The molecule has 1 aliphatic rings. The molecule has 32 heavy (non-hydrogen) atoms. The van der Waals surface area contributed by atoms with E-state index in [0.29, 0.717) is 27.8 Å². The molecule has 6 nitrogen and oxygen atoms in total. The minimum Gasteiger partial charge on any atom is -0.478 e. The van der Waals surface area contributed by atoms with Gasteiger partial charge in [0.05, 0.1) is 22.6 Å². The van der Waals surface area contributed by atoms with E-state index in [9.17, 15) is 9.90 Å². The van der Waals surface area contributed by atoms with Gasteiger partial charge in [0, 0.05) is 10.6 Å². The lowest BCUT2D eigenvalue weighted by Gasteiger charge is -2.08. The standard InChI is InChI=1S/C25H17ClN2O4/c26-18-6-4-5-16(11-18)21(25(29)30)13-19-14-22(28(27-19)20-7-2-1-3-8-20)17-9-10-23-24(12-17)32-15-31-23/h1-14H,15H2,(H,29,30)/b21-13-. The second kappa shape index (κ2) is 8.24. The van der Waals surface area contributed by atoms with E-state index < -0.39 is 5.97 Å². The lowest BCUT2D eigenvalue weighted by molar-refractivity contribution is -0.130. The molecule has 0 unspecified atom stereocenters. The van der Waals surface area contributed by atoms with E-state index in [1.165, 1.54) is 0 Å². The number of aromatic nitrogens is 2. The van der Waals surface area contributed by atoms with Crippen molar-refractivity contribution in [2.24, 2.45) is 0 Å². The molecule has 1 N–H and O–H groups in total. The minimum absolute atomic E-state index is 0.0995. The Bertz CT molecular complexity index is 1350. The zero-order valence-electron chi connectivity index (χ0n) is 16.7. The highest BCUT2D eigenvalue weighted by Crippen LogP contribution is 2.37. The molecule has 0 bridgehead atoms. The Balaban J connectivity index is 1.65. The van der Waals surface area contributed by atoms with Crippen LogP contribution in [0, 0.1) is 0 Å². The van der Waals surface area contributed by atoms with Crippen molar-refractivity contribution in [1.82, 2.24) is 9.78 Å². The zero-order valence-corrected chi connectivity index (χ0v) is 17.5. The molecule has 0 saturated carbocycles. The van der Waals surface area contributed by atoms with Gasteiger partial charge in [-0.1, -0.05) is 41.9 Å². The summed E-state index contributed by atoms with van der Waals surface area (Å²) in [5.41, 5.74) is 3.60. The van der Waals surface area contributed by atoms with Crippen LogP contribution in [-0.4, -0.2) is 27.6 Å². The van der Waals surface area contributed by atoms with Gasteiger partial charge in [-0.05, 0) is 60.2 Å². The van der Waals surface area contributed by atoms with Crippen LogP contribution in [0.1, 0.15) is 11.3 Å². The van der Waals surface area contributed by atoms with Crippen molar-refractivity contribution in [2.75, 3.05) is 6.79 Å². The van der Waals surface area contributed by atoms with E-state index in [0.717, 1.165) is 16.9 Å². The number of hydrogen-bond donors (Lipinski definition) is 1. The molecule has 0 radical (unpaired) electrons. The highest BCUT2D eigenvalue weighted by molar-refractivity contribution is 6.31. The normalized spacial score (nSPS) is 12.7. The highest BCUT2D eigenvalue weighted by Gasteiger charge is 2.18. The van der Waals surface area contributed by atoms with Crippen LogP contribution in [0.15, 0.2) is 78.9 Å². The lowest BCUT2D eigenvalue weighted by atomic mass is 10.0. The number of hydrogen-bond acceptors (Lipinski definition) is 4. The number of carbonyl (C=O) groups is 1. The van der Waals surface area contributed by atoms with E-state index >= 15 is 0 Å². The topological polar surface area (TPSA) is 73.6 Å². The third kappa shape index (κ3) is 3.84. The van der Waals surface area contributed by atoms with Crippen molar-refractivity contribution in [3.63, 3.8) is 0 Å². The van der Waals surface area contributed by atoms with Gasteiger partial charge in [0.1, 0.15) is 0 Å². The van der Waals surface area contributed by atoms with Crippen LogP contribution in [0.5, 0.6) is 11.5 Å². The van der Waals surface area contributed by atoms with Gasteiger partial charge in [-0.2, -0.15) is 5.10 Å². The number of nitrogens with zero attached hydrogens (tertiary/aromatic N) is 2. The molecule has 4 aromatic rings. The summed E-state index contributed by atoms with van der Waals surface area (Å²) in [6.07, 6.45) is 1.55. The average Bonchev–Trinajstić information content (AvgIpc) is 3.44. The Morgan fingerprint density at radius 2 is 1.78 bits per heavy atom. The number of benzene rings is 3. The van der Waals surface area contributed by atoms with E-state index in [-0.39, 0.29) is 12.4 Å². The van der Waals surface area contributed by atoms with Crippen molar-refractivity contribution < 1.29 is 19.4 Å². The molecule has 3 aromatic carbocycles. The van der Waals surface area contributed by atoms with Crippen LogP contribution < -0.4 is 9.47 Å². The summed E-state index contributed by atoms with van der Waals surface area (Å²) in [4.78, 5) is 12.0.